The van der Waals surface area contributed by atoms with E-state index < -0.39 is 5.97 Å². The fourth-order valence-corrected chi connectivity index (χ4v) is 3.32. The molecule has 0 fully saturated rings. The highest BCUT2D eigenvalue weighted by Crippen LogP contribution is 2.25. The molecule has 4 rings (SSSR count). The molecule has 1 aromatic carbocycles. The summed E-state index contributed by atoms with van der Waals surface area (Å²) in [6.07, 6.45) is 3.63. The van der Waals surface area contributed by atoms with E-state index in [0.717, 1.165) is 16.0 Å². The molecule has 0 spiro atoms. The molecule has 0 bridgehead atoms. The molecule has 0 aliphatic carbocycles. The number of carbonyl (C=O) groups is 1. The van der Waals surface area contributed by atoms with Gasteiger partial charge in [-0.2, -0.15) is 5.10 Å². The standard InChI is InChI=1S/C17H12ClN3O3S/c1-21-7-11(6-19-21)16-20-13(9-25-16)8-23-17(22)15-5-10-4-12(18)2-3-14(10)24-15/h2-7,9H,8H2,1H3. The van der Waals surface area contributed by atoms with Crippen molar-refractivity contribution in [3.05, 3.63) is 58.5 Å². The lowest BCUT2D eigenvalue weighted by atomic mass is 10.2. The van der Waals surface area contributed by atoms with E-state index in [0.29, 0.717) is 16.3 Å². The van der Waals surface area contributed by atoms with Crippen LogP contribution in [0.1, 0.15) is 16.2 Å². The second-order valence-corrected chi connectivity index (χ2v) is 6.71. The summed E-state index contributed by atoms with van der Waals surface area (Å²) in [5.41, 5.74) is 2.19. The van der Waals surface area contributed by atoms with Crippen molar-refractivity contribution in [3.8, 4) is 10.6 Å². The van der Waals surface area contributed by atoms with Gasteiger partial charge in [-0.1, -0.05) is 11.6 Å². The third-order valence-corrected chi connectivity index (χ3v) is 4.71. The molecule has 0 aliphatic rings. The summed E-state index contributed by atoms with van der Waals surface area (Å²) in [6.45, 7) is 0.0768. The largest absolute Gasteiger partial charge is 0.453 e. The van der Waals surface area contributed by atoms with Crippen LogP contribution in [0.25, 0.3) is 21.5 Å². The average molecular weight is 374 g/mol. The van der Waals surface area contributed by atoms with Gasteiger partial charge in [-0.05, 0) is 24.3 Å². The maximum Gasteiger partial charge on any atom is 0.374 e. The first-order chi connectivity index (χ1) is 12.1. The molecule has 8 heteroatoms. The highest BCUT2D eigenvalue weighted by Gasteiger charge is 2.15. The van der Waals surface area contributed by atoms with Gasteiger partial charge in [-0.25, -0.2) is 9.78 Å². The van der Waals surface area contributed by atoms with E-state index in [2.05, 4.69) is 10.1 Å². The minimum absolute atomic E-state index is 0.0768. The zero-order valence-corrected chi connectivity index (χ0v) is 14.7. The van der Waals surface area contributed by atoms with Gasteiger partial charge in [0.1, 0.15) is 17.2 Å². The maximum absolute atomic E-state index is 12.2. The van der Waals surface area contributed by atoms with Gasteiger partial charge in [0.05, 0.1) is 11.9 Å². The van der Waals surface area contributed by atoms with Gasteiger partial charge in [-0.3, -0.25) is 4.68 Å². The number of furan rings is 1. The van der Waals surface area contributed by atoms with Gasteiger partial charge in [0.25, 0.3) is 0 Å². The highest BCUT2D eigenvalue weighted by atomic mass is 35.5. The van der Waals surface area contributed by atoms with Crippen LogP contribution < -0.4 is 0 Å². The molecule has 0 atom stereocenters. The van der Waals surface area contributed by atoms with E-state index >= 15 is 0 Å². The van der Waals surface area contributed by atoms with Crippen LogP contribution >= 0.6 is 22.9 Å². The number of fused-ring (bicyclic) bond motifs is 1. The quantitative estimate of drug-likeness (QED) is 0.499. The van der Waals surface area contributed by atoms with Crippen LogP contribution in [-0.2, 0) is 18.4 Å². The van der Waals surface area contributed by atoms with Crippen molar-refractivity contribution >= 4 is 39.9 Å². The summed E-state index contributed by atoms with van der Waals surface area (Å²) in [7, 11) is 1.85. The van der Waals surface area contributed by atoms with Gasteiger partial charge < -0.3 is 9.15 Å². The Kier molecular flexibility index (Phi) is 4.03. The third-order valence-electron chi connectivity index (χ3n) is 3.53. The number of nitrogens with zero attached hydrogens (tertiary/aromatic N) is 3. The zero-order valence-electron chi connectivity index (χ0n) is 13.1. The smallest absolute Gasteiger partial charge is 0.374 e. The first kappa shape index (κ1) is 15.9. The molecule has 0 aliphatic heterocycles. The lowest BCUT2D eigenvalue weighted by Gasteiger charge is -1.99. The lowest BCUT2D eigenvalue weighted by molar-refractivity contribution is 0.0434. The molecule has 0 radical (unpaired) electrons. The van der Waals surface area contributed by atoms with Gasteiger partial charge in [0.15, 0.2) is 0 Å². The van der Waals surface area contributed by atoms with E-state index in [1.165, 1.54) is 11.3 Å². The van der Waals surface area contributed by atoms with Gasteiger partial charge in [0.2, 0.25) is 5.76 Å². The molecule has 0 amide bonds. The topological polar surface area (TPSA) is 70.2 Å². The Labute approximate surface area is 151 Å². The van der Waals surface area contributed by atoms with Crippen molar-refractivity contribution < 1.29 is 13.9 Å². The van der Waals surface area contributed by atoms with Crippen LogP contribution in [0.5, 0.6) is 0 Å². The molecule has 4 aromatic rings. The Hall–Kier alpha value is -2.64. The Morgan fingerprint density at radius 2 is 2.28 bits per heavy atom. The van der Waals surface area contributed by atoms with E-state index in [1.54, 1.807) is 35.1 Å². The predicted molar refractivity (Wildman–Crippen MR) is 94.7 cm³/mol. The van der Waals surface area contributed by atoms with Crippen LogP contribution in [0.4, 0.5) is 0 Å². The predicted octanol–water partition coefficient (Wildman–Crippen LogP) is 4.30. The lowest BCUT2D eigenvalue weighted by Crippen LogP contribution is -2.04. The van der Waals surface area contributed by atoms with Crippen LogP contribution in [0.3, 0.4) is 0 Å². The minimum atomic E-state index is -0.539. The van der Waals surface area contributed by atoms with Crippen LogP contribution in [0.15, 0.2) is 46.5 Å². The number of benzene rings is 1. The molecule has 0 saturated heterocycles. The summed E-state index contributed by atoms with van der Waals surface area (Å²) in [5.74, 6) is -0.400. The summed E-state index contributed by atoms with van der Waals surface area (Å²) >= 11 is 7.41. The van der Waals surface area contributed by atoms with E-state index in [9.17, 15) is 4.79 Å². The molecular weight excluding hydrogens is 362 g/mol. The number of aryl methyl sites for hydroxylation is 1. The van der Waals surface area contributed by atoms with Gasteiger partial charge in [0, 0.05) is 34.6 Å². The highest BCUT2D eigenvalue weighted by molar-refractivity contribution is 7.13. The first-order valence-corrected chi connectivity index (χ1v) is 8.64. The van der Waals surface area contributed by atoms with Gasteiger partial charge >= 0.3 is 5.97 Å². The molecule has 126 valence electrons. The minimum Gasteiger partial charge on any atom is -0.453 e. The summed E-state index contributed by atoms with van der Waals surface area (Å²) in [4.78, 5) is 16.6. The van der Waals surface area contributed by atoms with Crippen molar-refractivity contribution in [2.45, 2.75) is 6.61 Å². The SMILES string of the molecule is Cn1cc(-c2nc(COC(=O)c3cc4cc(Cl)ccc4o3)cs2)cn1. The number of hydrogen-bond donors (Lipinski definition) is 0. The van der Waals surface area contributed by atoms with Crippen molar-refractivity contribution in [2.75, 3.05) is 0 Å². The molecular formula is C17H12ClN3O3S. The van der Waals surface area contributed by atoms with Crippen molar-refractivity contribution in [1.29, 1.82) is 0 Å². The number of ether oxygens (including phenoxy) is 1. The zero-order chi connectivity index (χ0) is 17.4. The van der Waals surface area contributed by atoms with Crippen LogP contribution in [-0.4, -0.2) is 20.7 Å². The van der Waals surface area contributed by atoms with Crippen LogP contribution in [0, 0.1) is 0 Å². The number of rotatable bonds is 4. The Balaban J connectivity index is 1.45. The molecule has 6 nitrogen and oxygen atoms in total. The molecule has 25 heavy (non-hydrogen) atoms. The monoisotopic (exact) mass is 373 g/mol. The Morgan fingerprint density at radius 3 is 3.08 bits per heavy atom. The number of carbonyl (C=O) groups excluding carboxylic acids is 1. The van der Waals surface area contributed by atoms with Gasteiger partial charge in [-0.15, -0.1) is 11.3 Å². The normalized spacial score (nSPS) is 11.1. The Bertz CT molecular complexity index is 1070. The molecule has 0 saturated carbocycles. The molecule has 0 unspecified atom stereocenters. The number of thiazole rings is 1. The van der Waals surface area contributed by atoms with Crippen LogP contribution in [0.2, 0.25) is 5.02 Å². The number of esters is 1. The second kappa shape index (κ2) is 6.34. The van der Waals surface area contributed by atoms with E-state index in [1.807, 2.05) is 18.6 Å². The summed E-state index contributed by atoms with van der Waals surface area (Å²) in [6, 6.07) is 6.77. The summed E-state index contributed by atoms with van der Waals surface area (Å²) in [5, 5.41) is 8.14. The molecule has 3 heterocycles. The number of hydrogen-bond acceptors (Lipinski definition) is 6. The number of halogens is 1. The van der Waals surface area contributed by atoms with Crippen molar-refractivity contribution in [2.24, 2.45) is 7.05 Å². The molecule has 0 N–H and O–H groups in total. The second-order valence-electron chi connectivity index (χ2n) is 5.42. The molecule has 3 aromatic heterocycles. The van der Waals surface area contributed by atoms with E-state index in [-0.39, 0.29) is 12.4 Å². The third kappa shape index (κ3) is 3.29. The van der Waals surface area contributed by atoms with Crippen molar-refractivity contribution in [3.63, 3.8) is 0 Å². The fourth-order valence-electron chi connectivity index (χ4n) is 2.36. The van der Waals surface area contributed by atoms with E-state index in [4.69, 9.17) is 20.8 Å². The maximum atomic E-state index is 12.2. The summed E-state index contributed by atoms with van der Waals surface area (Å²) < 4.78 is 12.5. The van der Waals surface area contributed by atoms with Crippen molar-refractivity contribution in [1.82, 2.24) is 14.8 Å². The number of aromatic nitrogens is 3. The average Bonchev–Trinajstić information content (AvgIpc) is 3.30. The first-order valence-electron chi connectivity index (χ1n) is 7.38. The Morgan fingerprint density at radius 1 is 1.40 bits per heavy atom. The fraction of sp³-hybridized carbons (Fsp3) is 0.118.